The second kappa shape index (κ2) is 12.7. The topological polar surface area (TPSA) is 89.7 Å². The van der Waals surface area contributed by atoms with Gasteiger partial charge in [-0.2, -0.15) is 0 Å². The lowest BCUT2D eigenvalue weighted by atomic mass is 9.66. The lowest BCUT2D eigenvalue weighted by molar-refractivity contribution is -0.135. The number of likely N-dealkylation sites (tertiary alicyclic amines) is 1. The van der Waals surface area contributed by atoms with Crippen molar-refractivity contribution in [2.75, 3.05) is 13.6 Å². The Morgan fingerprint density at radius 3 is 2.52 bits per heavy atom. The van der Waals surface area contributed by atoms with E-state index in [1.165, 1.54) is 55.3 Å². The second-order valence-electron chi connectivity index (χ2n) is 12.4. The predicted octanol–water partition coefficient (Wildman–Crippen LogP) is 6.49. The van der Waals surface area contributed by atoms with Crippen molar-refractivity contribution in [3.63, 3.8) is 0 Å². The monoisotopic (exact) mass is 544 g/mol. The molecule has 3 N–H and O–H groups in total. The summed E-state index contributed by atoms with van der Waals surface area (Å²) in [5, 5.41) is 3.22. The molecule has 2 atom stereocenters. The van der Waals surface area contributed by atoms with Crippen molar-refractivity contribution >= 4 is 5.91 Å². The summed E-state index contributed by atoms with van der Waals surface area (Å²) in [7, 11) is 1.88. The minimum absolute atomic E-state index is 0.0577. The van der Waals surface area contributed by atoms with Crippen LogP contribution in [0.3, 0.4) is 0 Å². The molecule has 2 aliphatic rings. The highest BCUT2D eigenvalue weighted by Crippen LogP contribution is 2.44. The summed E-state index contributed by atoms with van der Waals surface area (Å²) in [6, 6.07) is 9.18. The SMILES string of the molecule is CCc1ncc(-c2ccc(C3(CCCc4cnc(C5CCCN5C(=O)C(NC)C(C)C)[nH]4)CCCCC3)cc2)[nH]1. The van der Waals surface area contributed by atoms with E-state index in [2.05, 4.69) is 65.3 Å². The summed E-state index contributed by atoms with van der Waals surface area (Å²) in [5.41, 5.74) is 5.25. The van der Waals surface area contributed by atoms with Gasteiger partial charge >= 0.3 is 0 Å². The first-order valence-electron chi connectivity index (χ1n) is 15.6. The normalized spacial score (nSPS) is 19.8. The van der Waals surface area contributed by atoms with Crippen LogP contribution >= 0.6 is 0 Å². The maximum absolute atomic E-state index is 13.3. The Bertz CT molecular complexity index is 1240. The van der Waals surface area contributed by atoms with Crippen LogP contribution < -0.4 is 5.32 Å². The van der Waals surface area contributed by atoms with Crippen LogP contribution in [-0.2, 0) is 23.1 Å². The van der Waals surface area contributed by atoms with Crippen molar-refractivity contribution in [2.45, 2.75) is 109 Å². The number of aromatic nitrogens is 4. The summed E-state index contributed by atoms with van der Waals surface area (Å²) >= 11 is 0. The average Bonchev–Trinajstić information content (AvgIpc) is 3.75. The Hall–Kier alpha value is -2.93. The van der Waals surface area contributed by atoms with Crippen molar-refractivity contribution in [3.8, 4) is 11.3 Å². The number of benzene rings is 1. The van der Waals surface area contributed by atoms with Crippen LogP contribution in [0.15, 0.2) is 36.7 Å². The van der Waals surface area contributed by atoms with Gasteiger partial charge in [0, 0.05) is 24.9 Å². The number of amides is 1. The van der Waals surface area contributed by atoms with E-state index in [-0.39, 0.29) is 29.3 Å². The first kappa shape index (κ1) is 28.6. The third-order valence-electron chi connectivity index (χ3n) is 9.43. The molecular weight excluding hydrogens is 496 g/mol. The smallest absolute Gasteiger partial charge is 0.240 e. The molecule has 0 radical (unpaired) electrons. The third kappa shape index (κ3) is 6.04. The number of nitrogens with zero attached hydrogens (tertiary/aromatic N) is 3. The van der Waals surface area contributed by atoms with Gasteiger partial charge in [-0.3, -0.25) is 4.79 Å². The highest BCUT2D eigenvalue weighted by atomic mass is 16.2. The Morgan fingerprint density at radius 2 is 1.85 bits per heavy atom. The van der Waals surface area contributed by atoms with Gasteiger partial charge in [-0.25, -0.2) is 9.97 Å². The molecule has 1 saturated carbocycles. The van der Waals surface area contributed by atoms with Crippen molar-refractivity contribution < 1.29 is 4.79 Å². The van der Waals surface area contributed by atoms with E-state index in [1.807, 2.05) is 24.3 Å². The Kier molecular flexibility index (Phi) is 9.09. The van der Waals surface area contributed by atoms with Gasteiger partial charge in [0.05, 0.1) is 24.0 Å². The van der Waals surface area contributed by atoms with Crippen molar-refractivity contribution in [2.24, 2.45) is 5.92 Å². The molecule has 2 fully saturated rings. The zero-order valence-corrected chi connectivity index (χ0v) is 24.9. The Labute approximate surface area is 240 Å². The van der Waals surface area contributed by atoms with Crippen molar-refractivity contribution in [1.82, 2.24) is 30.2 Å². The molecule has 2 unspecified atom stereocenters. The first-order chi connectivity index (χ1) is 19.4. The van der Waals surface area contributed by atoms with E-state index in [0.717, 1.165) is 56.0 Å². The molecule has 7 heteroatoms. The van der Waals surface area contributed by atoms with Crippen LogP contribution in [0.2, 0.25) is 0 Å². The van der Waals surface area contributed by atoms with Crippen LogP contribution in [-0.4, -0.2) is 50.4 Å². The van der Waals surface area contributed by atoms with Crippen LogP contribution in [0.5, 0.6) is 0 Å². The van der Waals surface area contributed by atoms with E-state index in [9.17, 15) is 4.79 Å². The molecule has 40 heavy (non-hydrogen) atoms. The number of carbonyl (C=O) groups excluding carboxylic acids is 1. The van der Waals surface area contributed by atoms with Crippen LogP contribution in [0.25, 0.3) is 11.3 Å². The maximum Gasteiger partial charge on any atom is 0.240 e. The van der Waals surface area contributed by atoms with Gasteiger partial charge in [-0.1, -0.05) is 64.3 Å². The number of hydrogen-bond acceptors (Lipinski definition) is 4. The summed E-state index contributed by atoms with van der Waals surface area (Å²) < 4.78 is 0. The maximum atomic E-state index is 13.3. The Morgan fingerprint density at radius 1 is 1.07 bits per heavy atom. The van der Waals surface area contributed by atoms with E-state index in [1.54, 1.807) is 0 Å². The Balaban J connectivity index is 1.23. The number of rotatable bonds is 11. The van der Waals surface area contributed by atoms with Gasteiger partial charge in [-0.15, -0.1) is 0 Å². The number of imidazole rings is 2. The van der Waals surface area contributed by atoms with Crippen LogP contribution in [0, 0.1) is 5.92 Å². The molecule has 1 aliphatic carbocycles. The standard InChI is InChI=1S/C33H48N6O/c1-5-29-35-22-27(38-29)24-13-15-25(16-14-24)33(17-7-6-8-18-33)19-9-11-26-21-36-31(37-26)28-12-10-20-39(28)32(40)30(34-4)23(2)3/h13-16,21-23,28,30,34H,5-12,17-20H2,1-4H3,(H,35,38)(H,36,37). The number of likely N-dealkylation sites (N-methyl/N-ethyl adjacent to an activating group) is 1. The number of aryl methyl sites for hydroxylation is 2. The molecule has 0 spiro atoms. The number of nitrogens with one attached hydrogen (secondary N) is 3. The molecule has 5 rings (SSSR count). The molecule has 1 saturated heterocycles. The lowest BCUT2D eigenvalue weighted by Crippen LogP contribution is -2.47. The second-order valence-corrected chi connectivity index (χ2v) is 12.4. The fourth-order valence-electron chi connectivity index (χ4n) is 7.13. The lowest BCUT2D eigenvalue weighted by Gasteiger charge is -2.38. The van der Waals surface area contributed by atoms with Crippen LogP contribution in [0.1, 0.15) is 108 Å². The number of hydrogen-bond donors (Lipinski definition) is 3. The van der Waals surface area contributed by atoms with Crippen molar-refractivity contribution in [3.05, 3.63) is 59.6 Å². The highest BCUT2D eigenvalue weighted by Gasteiger charge is 2.36. The summed E-state index contributed by atoms with van der Waals surface area (Å²) in [6.45, 7) is 7.14. The van der Waals surface area contributed by atoms with Crippen LogP contribution in [0.4, 0.5) is 0 Å². The fourth-order valence-corrected chi connectivity index (χ4v) is 7.13. The van der Waals surface area contributed by atoms with Gasteiger partial charge < -0.3 is 20.2 Å². The zero-order valence-electron chi connectivity index (χ0n) is 24.9. The number of H-pyrrole nitrogens is 2. The molecule has 0 bridgehead atoms. The molecule has 1 amide bonds. The van der Waals surface area contributed by atoms with E-state index >= 15 is 0 Å². The first-order valence-corrected chi connectivity index (χ1v) is 15.6. The summed E-state index contributed by atoms with van der Waals surface area (Å²) in [4.78, 5) is 31.6. The summed E-state index contributed by atoms with van der Waals surface area (Å²) in [5.74, 6) is 2.44. The predicted molar refractivity (Wildman–Crippen MR) is 161 cm³/mol. The average molecular weight is 545 g/mol. The van der Waals surface area contributed by atoms with Gasteiger partial charge in [0.2, 0.25) is 5.91 Å². The molecule has 7 nitrogen and oxygen atoms in total. The fraction of sp³-hybridized carbons (Fsp3) is 0.606. The van der Waals surface area contributed by atoms with Gasteiger partial charge in [-0.05, 0) is 74.5 Å². The largest absolute Gasteiger partial charge is 0.344 e. The summed E-state index contributed by atoms with van der Waals surface area (Å²) in [6.07, 6.45) is 16.7. The molecule has 1 aliphatic heterocycles. The quantitative estimate of drug-likeness (QED) is 0.257. The molecule has 3 aromatic rings. The number of carbonyl (C=O) groups is 1. The minimum Gasteiger partial charge on any atom is -0.344 e. The highest BCUT2D eigenvalue weighted by molar-refractivity contribution is 5.82. The van der Waals surface area contributed by atoms with E-state index < -0.39 is 0 Å². The van der Waals surface area contributed by atoms with Gasteiger partial charge in [0.15, 0.2) is 0 Å². The van der Waals surface area contributed by atoms with Gasteiger partial charge in [0.1, 0.15) is 11.6 Å². The molecule has 1 aromatic carbocycles. The molecule has 3 heterocycles. The van der Waals surface area contributed by atoms with Gasteiger partial charge in [0.25, 0.3) is 0 Å². The molecule has 2 aromatic heterocycles. The van der Waals surface area contributed by atoms with E-state index in [0.29, 0.717) is 0 Å². The van der Waals surface area contributed by atoms with E-state index in [4.69, 9.17) is 4.98 Å². The third-order valence-corrected chi connectivity index (χ3v) is 9.43. The van der Waals surface area contributed by atoms with Crippen molar-refractivity contribution in [1.29, 1.82) is 0 Å². The number of aromatic amines is 2. The molecule has 216 valence electrons. The minimum atomic E-state index is -0.149. The zero-order chi connectivity index (χ0) is 28.1. The molecular formula is C33H48N6O.